The van der Waals surface area contributed by atoms with Gasteiger partial charge in [-0.3, -0.25) is 4.31 Å². The Morgan fingerprint density at radius 2 is 1.83 bits per heavy atom. The van der Waals surface area contributed by atoms with Crippen LogP contribution >= 0.6 is 0 Å². The van der Waals surface area contributed by atoms with Crippen LogP contribution < -0.4 is 9.04 Å². The summed E-state index contributed by atoms with van der Waals surface area (Å²) in [6.45, 7) is 1.41. The minimum Gasteiger partial charge on any atom is -0.482 e. The van der Waals surface area contributed by atoms with E-state index in [0.29, 0.717) is 11.4 Å². The Balaban J connectivity index is 2.23. The van der Waals surface area contributed by atoms with Crippen molar-refractivity contribution in [1.82, 2.24) is 0 Å². The predicted molar refractivity (Wildman–Crippen MR) is 86.3 cm³/mol. The maximum absolute atomic E-state index is 12.6. The molecule has 0 amide bonds. The lowest BCUT2D eigenvalue weighted by atomic mass is 10.2. The number of ether oxygens (including phenoxy) is 1. The normalized spacial score (nSPS) is 11.0. The molecule has 6 nitrogen and oxygen atoms in total. The van der Waals surface area contributed by atoms with Crippen LogP contribution in [0, 0.1) is 6.92 Å². The summed E-state index contributed by atoms with van der Waals surface area (Å²) in [5, 5.41) is 8.55. The van der Waals surface area contributed by atoms with Crippen molar-refractivity contribution < 1.29 is 23.1 Å². The van der Waals surface area contributed by atoms with Crippen LogP contribution in [-0.2, 0) is 14.8 Å². The van der Waals surface area contributed by atoms with E-state index >= 15 is 0 Å². The molecule has 0 unspecified atom stereocenters. The summed E-state index contributed by atoms with van der Waals surface area (Å²) in [5.41, 5.74) is 1.53. The average molecular weight is 335 g/mol. The number of rotatable bonds is 6. The second kappa shape index (κ2) is 6.70. The molecule has 0 atom stereocenters. The zero-order chi connectivity index (χ0) is 17.0. The Morgan fingerprint density at radius 1 is 1.17 bits per heavy atom. The number of carboxylic acids is 1. The van der Waals surface area contributed by atoms with Gasteiger partial charge in [-0.15, -0.1) is 0 Å². The van der Waals surface area contributed by atoms with Crippen molar-refractivity contribution in [2.75, 3.05) is 18.0 Å². The highest BCUT2D eigenvalue weighted by Crippen LogP contribution is 2.24. The van der Waals surface area contributed by atoms with E-state index in [1.165, 1.54) is 35.6 Å². The van der Waals surface area contributed by atoms with Gasteiger partial charge in [0.1, 0.15) is 5.75 Å². The number of benzene rings is 2. The number of carboxylic acid groups (broad SMARTS) is 1. The van der Waals surface area contributed by atoms with Gasteiger partial charge in [-0.25, -0.2) is 13.2 Å². The fourth-order valence-electron chi connectivity index (χ4n) is 1.97. The summed E-state index contributed by atoms with van der Waals surface area (Å²) in [5.74, 6) is -0.801. The zero-order valence-corrected chi connectivity index (χ0v) is 13.6. The highest BCUT2D eigenvalue weighted by atomic mass is 32.2. The molecule has 1 N–H and O–H groups in total. The number of aliphatic carboxylic acids is 1. The van der Waals surface area contributed by atoms with Gasteiger partial charge in [0.15, 0.2) is 6.61 Å². The molecule has 0 aliphatic carbocycles. The number of carbonyl (C=O) groups is 1. The largest absolute Gasteiger partial charge is 0.482 e. The molecule has 0 bridgehead atoms. The third-order valence-corrected chi connectivity index (χ3v) is 5.01. The Kier molecular flexibility index (Phi) is 4.90. The molecule has 0 aliphatic heterocycles. The summed E-state index contributed by atoms with van der Waals surface area (Å²) in [7, 11) is -2.21. The smallest absolute Gasteiger partial charge is 0.341 e. The number of hydrogen-bond acceptors (Lipinski definition) is 4. The highest BCUT2D eigenvalue weighted by molar-refractivity contribution is 7.92. The number of anilines is 1. The number of nitrogens with zero attached hydrogens (tertiary/aromatic N) is 1. The van der Waals surface area contributed by atoms with E-state index in [1.807, 2.05) is 13.0 Å². The molecule has 7 heteroatoms. The molecule has 122 valence electrons. The summed E-state index contributed by atoms with van der Waals surface area (Å²) in [4.78, 5) is 10.5. The van der Waals surface area contributed by atoms with Crippen LogP contribution in [0.2, 0.25) is 0 Å². The van der Waals surface area contributed by atoms with E-state index in [4.69, 9.17) is 9.84 Å². The van der Waals surface area contributed by atoms with Crippen molar-refractivity contribution in [2.24, 2.45) is 0 Å². The van der Waals surface area contributed by atoms with Gasteiger partial charge in [0, 0.05) is 7.05 Å². The van der Waals surface area contributed by atoms with Crippen molar-refractivity contribution >= 4 is 21.7 Å². The maximum atomic E-state index is 12.6. The number of aryl methyl sites for hydroxylation is 1. The van der Waals surface area contributed by atoms with E-state index in [2.05, 4.69) is 0 Å². The van der Waals surface area contributed by atoms with Gasteiger partial charge >= 0.3 is 5.97 Å². The molecule has 0 heterocycles. The quantitative estimate of drug-likeness (QED) is 0.875. The van der Waals surface area contributed by atoms with Crippen molar-refractivity contribution in [2.45, 2.75) is 11.8 Å². The first kappa shape index (κ1) is 16.8. The lowest BCUT2D eigenvalue weighted by Gasteiger charge is -2.20. The van der Waals surface area contributed by atoms with Crippen LogP contribution in [-0.4, -0.2) is 33.1 Å². The first-order valence-corrected chi connectivity index (χ1v) is 8.25. The topological polar surface area (TPSA) is 83.9 Å². The van der Waals surface area contributed by atoms with Gasteiger partial charge in [0.2, 0.25) is 0 Å². The first-order chi connectivity index (χ1) is 10.8. The van der Waals surface area contributed by atoms with Crippen LogP contribution in [0.1, 0.15) is 5.56 Å². The first-order valence-electron chi connectivity index (χ1n) is 6.81. The lowest BCUT2D eigenvalue weighted by molar-refractivity contribution is -0.139. The second-order valence-electron chi connectivity index (χ2n) is 4.97. The molecule has 0 spiro atoms. The highest BCUT2D eigenvalue weighted by Gasteiger charge is 2.21. The number of sulfonamides is 1. The average Bonchev–Trinajstić information content (AvgIpc) is 2.52. The summed E-state index contributed by atoms with van der Waals surface area (Å²) >= 11 is 0. The van der Waals surface area contributed by atoms with Crippen LogP contribution in [0.15, 0.2) is 53.4 Å². The summed E-state index contributed by atoms with van der Waals surface area (Å²) < 4.78 is 31.4. The summed E-state index contributed by atoms with van der Waals surface area (Å²) in [6, 6.07) is 12.8. The molecule has 2 rings (SSSR count). The van der Waals surface area contributed by atoms with Crippen molar-refractivity contribution in [3.8, 4) is 5.75 Å². The van der Waals surface area contributed by atoms with Crippen molar-refractivity contribution in [3.63, 3.8) is 0 Å². The Labute approximate surface area is 135 Å². The molecular weight excluding hydrogens is 318 g/mol. The van der Waals surface area contributed by atoms with Crippen molar-refractivity contribution in [1.29, 1.82) is 0 Å². The van der Waals surface area contributed by atoms with Crippen LogP contribution in [0.5, 0.6) is 5.75 Å². The van der Waals surface area contributed by atoms with E-state index in [9.17, 15) is 13.2 Å². The molecular formula is C16H17NO5S. The lowest BCUT2D eigenvalue weighted by Crippen LogP contribution is -2.26. The fraction of sp³-hybridized carbons (Fsp3) is 0.188. The van der Waals surface area contributed by atoms with Gasteiger partial charge < -0.3 is 9.84 Å². The molecule has 0 saturated carbocycles. The van der Waals surface area contributed by atoms with E-state index in [-0.39, 0.29) is 4.90 Å². The van der Waals surface area contributed by atoms with Crippen LogP contribution in [0.3, 0.4) is 0 Å². The Morgan fingerprint density at radius 3 is 2.39 bits per heavy atom. The minimum atomic E-state index is -3.70. The van der Waals surface area contributed by atoms with E-state index in [1.54, 1.807) is 18.2 Å². The predicted octanol–water partition coefficient (Wildman–Crippen LogP) is 2.28. The molecule has 0 radical (unpaired) electrons. The van der Waals surface area contributed by atoms with Gasteiger partial charge in [-0.2, -0.15) is 0 Å². The monoisotopic (exact) mass is 335 g/mol. The van der Waals surface area contributed by atoms with Crippen molar-refractivity contribution in [3.05, 3.63) is 54.1 Å². The molecule has 0 aliphatic rings. The molecule has 0 aromatic heterocycles. The second-order valence-corrected chi connectivity index (χ2v) is 6.93. The summed E-state index contributed by atoms with van der Waals surface area (Å²) in [6.07, 6.45) is 0. The van der Waals surface area contributed by atoms with Gasteiger partial charge in [-0.1, -0.05) is 12.1 Å². The minimum absolute atomic E-state index is 0.101. The molecule has 2 aromatic rings. The van der Waals surface area contributed by atoms with Gasteiger partial charge in [0.25, 0.3) is 10.0 Å². The molecule has 23 heavy (non-hydrogen) atoms. The SMILES string of the molecule is Cc1cccc(N(C)S(=O)(=O)c2ccc(OCC(=O)O)cc2)c1. The van der Waals surface area contributed by atoms with E-state index < -0.39 is 22.6 Å². The van der Waals surface area contributed by atoms with Crippen LogP contribution in [0.4, 0.5) is 5.69 Å². The Hall–Kier alpha value is -2.54. The molecule has 2 aromatic carbocycles. The fourth-order valence-corrected chi connectivity index (χ4v) is 3.16. The standard InChI is InChI=1S/C16H17NO5S/c1-12-4-3-5-13(10-12)17(2)23(20,21)15-8-6-14(7-9-15)22-11-16(18)19/h3-10H,11H2,1-2H3,(H,18,19). The number of hydrogen-bond donors (Lipinski definition) is 1. The van der Waals surface area contributed by atoms with E-state index in [0.717, 1.165) is 5.56 Å². The third kappa shape index (κ3) is 4.01. The molecule has 0 saturated heterocycles. The van der Waals surface area contributed by atoms with Gasteiger partial charge in [0.05, 0.1) is 10.6 Å². The molecule has 0 fully saturated rings. The van der Waals surface area contributed by atoms with Gasteiger partial charge in [-0.05, 0) is 48.9 Å². The maximum Gasteiger partial charge on any atom is 0.341 e. The zero-order valence-electron chi connectivity index (χ0n) is 12.8. The van der Waals surface area contributed by atoms with Crippen LogP contribution in [0.25, 0.3) is 0 Å². The third-order valence-electron chi connectivity index (χ3n) is 3.21. The Bertz CT molecular complexity index is 799.